The van der Waals surface area contributed by atoms with Crippen LogP contribution in [0.15, 0.2) is 22.7 Å². The monoisotopic (exact) mass is 375 g/mol. The summed E-state index contributed by atoms with van der Waals surface area (Å²) >= 11 is 3.61. The first-order valence-electron chi connectivity index (χ1n) is 7.11. The predicted molar refractivity (Wildman–Crippen MR) is 90.2 cm³/mol. The number of hydrogen-bond acceptors (Lipinski definition) is 4. The molecule has 2 rings (SSSR count). The van der Waals surface area contributed by atoms with Crippen molar-refractivity contribution in [3.8, 4) is 0 Å². The average Bonchev–Trinajstić information content (AvgIpc) is 2.45. The van der Waals surface area contributed by atoms with E-state index in [1.165, 1.54) is 16.1 Å². The van der Waals surface area contributed by atoms with Crippen LogP contribution in [0.1, 0.15) is 12.5 Å². The van der Waals surface area contributed by atoms with E-state index in [0.29, 0.717) is 13.1 Å². The van der Waals surface area contributed by atoms with E-state index in [1.807, 2.05) is 0 Å². The number of sulfonamides is 1. The van der Waals surface area contributed by atoms with Gasteiger partial charge in [-0.15, -0.1) is 0 Å². The minimum atomic E-state index is -3.07. The molecule has 1 aliphatic heterocycles. The van der Waals surface area contributed by atoms with Gasteiger partial charge in [-0.2, -0.15) is 4.31 Å². The molecule has 0 amide bonds. The third kappa shape index (κ3) is 4.42. The van der Waals surface area contributed by atoms with E-state index in [2.05, 4.69) is 51.3 Å². The first kappa shape index (κ1) is 16.7. The number of piperazine rings is 1. The van der Waals surface area contributed by atoms with Crippen molar-refractivity contribution >= 4 is 31.6 Å². The molecule has 1 aromatic carbocycles. The molecule has 0 saturated carbocycles. The largest absolute Gasteiger partial charge is 0.369 e. The second-order valence-electron chi connectivity index (χ2n) is 5.21. The van der Waals surface area contributed by atoms with Crippen LogP contribution in [0.3, 0.4) is 0 Å². The van der Waals surface area contributed by atoms with Gasteiger partial charge in [-0.3, -0.25) is 0 Å². The summed E-state index contributed by atoms with van der Waals surface area (Å²) in [5.74, 6) is 0. The van der Waals surface area contributed by atoms with E-state index in [0.717, 1.165) is 36.3 Å². The molecule has 0 radical (unpaired) electrons. The van der Waals surface area contributed by atoms with Crippen LogP contribution >= 0.6 is 15.9 Å². The Morgan fingerprint density at radius 1 is 1.24 bits per heavy atom. The number of nitrogens with zero attached hydrogens (tertiary/aromatic N) is 2. The first-order valence-corrected chi connectivity index (χ1v) is 9.75. The van der Waals surface area contributed by atoms with Crippen LogP contribution in [0.5, 0.6) is 0 Å². The molecule has 1 saturated heterocycles. The fraction of sp³-hybridized carbons (Fsp3) is 0.571. The number of nitrogens with one attached hydrogen (secondary N) is 1. The van der Waals surface area contributed by atoms with E-state index in [1.54, 1.807) is 0 Å². The van der Waals surface area contributed by atoms with Gasteiger partial charge in [-0.05, 0) is 24.2 Å². The highest BCUT2D eigenvalue weighted by atomic mass is 79.9. The molecule has 1 fully saturated rings. The van der Waals surface area contributed by atoms with Crippen LogP contribution in [-0.2, 0) is 16.6 Å². The van der Waals surface area contributed by atoms with Gasteiger partial charge in [0.05, 0.1) is 6.26 Å². The molecule has 0 bridgehead atoms. The van der Waals surface area contributed by atoms with Gasteiger partial charge in [0, 0.05) is 42.9 Å². The first-order chi connectivity index (χ1) is 9.91. The molecule has 1 N–H and O–H groups in total. The molecule has 0 aromatic heterocycles. The van der Waals surface area contributed by atoms with Gasteiger partial charge in [0.1, 0.15) is 0 Å². The number of rotatable bonds is 5. The van der Waals surface area contributed by atoms with Crippen molar-refractivity contribution in [2.45, 2.75) is 13.5 Å². The second kappa shape index (κ2) is 7.09. The smallest absolute Gasteiger partial charge is 0.211 e. The topological polar surface area (TPSA) is 52.6 Å². The van der Waals surface area contributed by atoms with Gasteiger partial charge >= 0.3 is 0 Å². The average molecular weight is 376 g/mol. The molecule has 1 aromatic rings. The molecule has 5 nitrogen and oxygen atoms in total. The van der Waals surface area contributed by atoms with Crippen LogP contribution in [-0.4, -0.2) is 51.7 Å². The summed E-state index contributed by atoms with van der Waals surface area (Å²) in [6, 6.07) is 6.33. The van der Waals surface area contributed by atoms with E-state index >= 15 is 0 Å². The molecule has 1 aliphatic rings. The van der Waals surface area contributed by atoms with E-state index in [4.69, 9.17) is 0 Å². The molecule has 0 atom stereocenters. The van der Waals surface area contributed by atoms with E-state index < -0.39 is 10.0 Å². The number of halogens is 1. The van der Waals surface area contributed by atoms with Gasteiger partial charge < -0.3 is 10.2 Å². The Morgan fingerprint density at radius 2 is 1.90 bits per heavy atom. The Labute approximate surface area is 135 Å². The van der Waals surface area contributed by atoms with E-state index in [9.17, 15) is 8.42 Å². The third-order valence-electron chi connectivity index (χ3n) is 3.67. The quantitative estimate of drug-likeness (QED) is 0.849. The summed E-state index contributed by atoms with van der Waals surface area (Å²) in [4.78, 5) is 2.23. The maximum atomic E-state index is 11.5. The highest BCUT2D eigenvalue weighted by Crippen LogP contribution is 2.25. The van der Waals surface area contributed by atoms with Crippen LogP contribution in [0.2, 0.25) is 0 Å². The van der Waals surface area contributed by atoms with Crippen LogP contribution in [0, 0.1) is 0 Å². The highest BCUT2D eigenvalue weighted by Gasteiger charge is 2.23. The Kier molecular flexibility index (Phi) is 5.65. The Balaban J connectivity index is 2.02. The normalized spacial score (nSPS) is 17.2. The van der Waals surface area contributed by atoms with Crippen LogP contribution in [0.25, 0.3) is 0 Å². The summed E-state index contributed by atoms with van der Waals surface area (Å²) in [7, 11) is -3.07. The molecule has 1 heterocycles. The minimum absolute atomic E-state index is 0.551. The lowest BCUT2D eigenvalue weighted by Gasteiger charge is -2.35. The van der Waals surface area contributed by atoms with Gasteiger partial charge in [-0.1, -0.05) is 28.9 Å². The molecule has 21 heavy (non-hydrogen) atoms. The Morgan fingerprint density at radius 3 is 2.43 bits per heavy atom. The zero-order valence-corrected chi connectivity index (χ0v) is 14.9. The summed E-state index contributed by atoms with van der Waals surface area (Å²) < 4.78 is 25.7. The fourth-order valence-electron chi connectivity index (χ4n) is 2.41. The van der Waals surface area contributed by atoms with Gasteiger partial charge in [0.2, 0.25) is 10.0 Å². The zero-order valence-electron chi connectivity index (χ0n) is 12.5. The van der Waals surface area contributed by atoms with Gasteiger partial charge in [-0.25, -0.2) is 8.42 Å². The lowest BCUT2D eigenvalue weighted by Crippen LogP contribution is -2.48. The molecular formula is C14H22BrN3O2S. The van der Waals surface area contributed by atoms with Crippen molar-refractivity contribution in [2.75, 3.05) is 43.9 Å². The molecule has 7 heteroatoms. The van der Waals surface area contributed by atoms with Crippen molar-refractivity contribution in [3.63, 3.8) is 0 Å². The van der Waals surface area contributed by atoms with Gasteiger partial charge in [0.15, 0.2) is 0 Å². The summed E-state index contributed by atoms with van der Waals surface area (Å²) in [5.41, 5.74) is 2.37. The summed E-state index contributed by atoms with van der Waals surface area (Å²) in [6.45, 7) is 6.44. The minimum Gasteiger partial charge on any atom is -0.369 e. The predicted octanol–water partition coefficient (Wildman–Crippen LogP) is 1.64. The molecule has 0 unspecified atom stereocenters. The lowest BCUT2D eigenvalue weighted by atomic mass is 10.2. The molecule has 0 aliphatic carbocycles. The highest BCUT2D eigenvalue weighted by molar-refractivity contribution is 9.10. The number of hydrogen-bond donors (Lipinski definition) is 1. The summed E-state index contributed by atoms with van der Waals surface area (Å²) in [6.07, 6.45) is 1.27. The maximum Gasteiger partial charge on any atom is 0.211 e. The van der Waals surface area contributed by atoms with Gasteiger partial charge in [0.25, 0.3) is 0 Å². The van der Waals surface area contributed by atoms with Crippen molar-refractivity contribution in [3.05, 3.63) is 28.2 Å². The number of benzene rings is 1. The van der Waals surface area contributed by atoms with E-state index in [-0.39, 0.29) is 0 Å². The molecule has 118 valence electrons. The molecular weight excluding hydrogens is 354 g/mol. The maximum absolute atomic E-state index is 11.5. The number of anilines is 1. The van der Waals surface area contributed by atoms with Crippen molar-refractivity contribution < 1.29 is 8.42 Å². The van der Waals surface area contributed by atoms with Crippen LogP contribution in [0.4, 0.5) is 5.69 Å². The van der Waals surface area contributed by atoms with Crippen molar-refractivity contribution in [1.29, 1.82) is 0 Å². The standard InChI is InChI=1S/C14H22BrN3O2S/c1-3-16-11-12-4-5-13(10-14(12)15)17-6-8-18(9-7-17)21(2,19)20/h4-5,10,16H,3,6-9,11H2,1-2H3. The van der Waals surface area contributed by atoms with Crippen LogP contribution < -0.4 is 10.2 Å². The second-order valence-corrected chi connectivity index (χ2v) is 8.04. The fourth-order valence-corrected chi connectivity index (χ4v) is 3.75. The summed E-state index contributed by atoms with van der Waals surface area (Å²) in [5, 5.41) is 3.31. The zero-order chi connectivity index (χ0) is 15.5. The molecule has 0 spiro atoms. The van der Waals surface area contributed by atoms with Crippen molar-refractivity contribution in [2.24, 2.45) is 0 Å². The Bertz CT molecular complexity index is 584. The SMILES string of the molecule is CCNCc1ccc(N2CCN(S(C)(=O)=O)CC2)cc1Br. The third-order valence-corrected chi connectivity index (χ3v) is 5.72. The lowest BCUT2D eigenvalue weighted by molar-refractivity contribution is 0.388. The van der Waals surface area contributed by atoms with Crippen molar-refractivity contribution in [1.82, 2.24) is 9.62 Å². The Hall–Kier alpha value is -0.630.